The van der Waals surface area contributed by atoms with Gasteiger partial charge in [0.05, 0.1) is 11.3 Å². The van der Waals surface area contributed by atoms with E-state index in [1.807, 2.05) is 18.2 Å². The van der Waals surface area contributed by atoms with Crippen molar-refractivity contribution < 1.29 is 0 Å². The number of H-pyrrole nitrogens is 1. The van der Waals surface area contributed by atoms with E-state index in [0.717, 1.165) is 30.8 Å². The third kappa shape index (κ3) is 3.26. The normalized spacial score (nSPS) is 14.4. The smallest absolute Gasteiger partial charge is 0.257 e. The Hall–Kier alpha value is -2.40. The summed E-state index contributed by atoms with van der Waals surface area (Å²) < 4.78 is 0. The number of rotatable bonds is 5. The monoisotopic (exact) mass is 296 g/mol. The van der Waals surface area contributed by atoms with Gasteiger partial charge in [-0.05, 0) is 5.56 Å². The standard InChI is InChI=1S/C17H20N4O/c1-2-9-18-17-19-15-8-10-21(12-14(15)16(22)20-17)11-13-6-4-3-5-7-13/h2-7H,1,8-12H2,(H2,18,19,20,22). The number of hydrogen-bond acceptors (Lipinski definition) is 4. The quantitative estimate of drug-likeness (QED) is 0.828. The summed E-state index contributed by atoms with van der Waals surface area (Å²) in [5.74, 6) is 0.528. The van der Waals surface area contributed by atoms with Crippen molar-refractivity contribution in [2.24, 2.45) is 0 Å². The molecule has 0 aliphatic carbocycles. The van der Waals surface area contributed by atoms with Crippen LogP contribution in [0.1, 0.15) is 16.8 Å². The molecule has 22 heavy (non-hydrogen) atoms. The molecule has 0 fully saturated rings. The van der Waals surface area contributed by atoms with E-state index >= 15 is 0 Å². The van der Waals surface area contributed by atoms with Crippen molar-refractivity contribution in [1.29, 1.82) is 0 Å². The van der Waals surface area contributed by atoms with Crippen LogP contribution in [0.15, 0.2) is 47.8 Å². The van der Waals surface area contributed by atoms with Crippen molar-refractivity contribution in [2.45, 2.75) is 19.5 Å². The molecule has 0 atom stereocenters. The number of fused-ring (bicyclic) bond motifs is 1. The Bertz CT molecular complexity index is 708. The fourth-order valence-corrected chi connectivity index (χ4v) is 2.71. The van der Waals surface area contributed by atoms with Crippen LogP contribution in [0.25, 0.3) is 0 Å². The SMILES string of the molecule is C=CCNc1nc2c(c(=O)[nH]1)CN(Cc1ccccc1)CC2. The van der Waals surface area contributed by atoms with Crippen LogP contribution in [0.5, 0.6) is 0 Å². The molecular formula is C17H20N4O. The molecule has 0 spiro atoms. The summed E-state index contributed by atoms with van der Waals surface area (Å²) >= 11 is 0. The third-order valence-corrected chi connectivity index (χ3v) is 3.81. The van der Waals surface area contributed by atoms with Crippen LogP contribution in [0.4, 0.5) is 5.95 Å². The lowest BCUT2D eigenvalue weighted by Crippen LogP contribution is -2.35. The highest BCUT2D eigenvalue weighted by molar-refractivity contribution is 5.31. The maximum absolute atomic E-state index is 12.3. The third-order valence-electron chi connectivity index (χ3n) is 3.81. The number of hydrogen-bond donors (Lipinski definition) is 2. The van der Waals surface area contributed by atoms with Crippen LogP contribution in [0, 0.1) is 0 Å². The number of aromatic amines is 1. The Morgan fingerprint density at radius 2 is 2.18 bits per heavy atom. The Morgan fingerprint density at radius 3 is 2.95 bits per heavy atom. The molecule has 2 N–H and O–H groups in total. The van der Waals surface area contributed by atoms with Crippen LogP contribution in [0.2, 0.25) is 0 Å². The average Bonchev–Trinajstić information content (AvgIpc) is 2.54. The first-order valence-corrected chi connectivity index (χ1v) is 7.49. The molecule has 0 amide bonds. The van der Waals surface area contributed by atoms with Gasteiger partial charge in [0.25, 0.3) is 5.56 Å². The average molecular weight is 296 g/mol. The highest BCUT2D eigenvalue weighted by Crippen LogP contribution is 2.17. The Morgan fingerprint density at radius 1 is 1.36 bits per heavy atom. The number of benzene rings is 1. The fraction of sp³-hybridized carbons (Fsp3) is 0.294. The van der Waals surface area contributed by atoms with Crippen molar-refractivity contribution in [3.8, 4) is 0 Å². The molecule has 114 valence electrons. The van der Waals surface area contributed by atoms with E-state index < -0.39 is 0 Å². The summed E-state index contributed by atoms with van der Waals surface area (Å²) in [5, 5.41) is 3.04. The minimum atomic E-state index is -0.0469. The molecule has 3 rings (SSSR count). The first-order chi connectivity index (χ1) is 10.8. The van der Waals surface area contributed by atoms with E-state index in [1.165, 1.54) is 5.56 Å². The van der Waals surface area contributed by atoms with Gasteiger partial charge in [-0.1, -0.05) is 36.4 Å². The van der Waals surface area contributed by atoms with Gasteiger partial charge >= 0.3 is 0 Å². The van der Waals surface area contributed by atoms with Crippen LogP contribution < -0.4 is 10.9 Å². The maximum atomic E-state index is 12.3. The number of anilines is 1. The Balaban J connectivity index is 1.75. The summed E-state index contributed by atoms with van der Waals surface area (Å²) in [6, 6.07) is 10.3. The van der Waals surface area contributed by atoms with Crippen molar-refractivity contribution in [3.05, 3.63) is 70.2 Å². The zero-order chi connectivity index (χ0) is 15.4. The van der Waals surface area contributed by atoms with Gasteiger partial charge < -0.3 is 5.32 Å². The molecule has 2 aromatic rings. The Kier molecular flexibility index (Phi) is 4.34. The van der Waals surface area contributed by atoms with E-state index in [2.05, 4.69) is 38.9 Å². The summed E-state index contributed by atoms with van der Waals surface area (Å²) in [5.41, 5.74) is 2.90. The lowest BCUT2D eigenvalue weighted by Gasteiger charge is -2.27. The topological polar surface area (TPSA) is 61.0 Å². The second kappa shape index (κ2) is 6.58. The number of nitrogens with zero attached hydrogens (tertiary/aromatic N) is 2. The minimum Gasteiger partial charge on any atom is -0.352 e. The molecule has 1 aromatic carbocycles. The molecule has 5 heteroatoms. The van der Waals surface area contributed by atoms with Crippen molar-refractivity contribution in [2.75, 3.05) is 18.4 Å². The van der Waals surface area contributed by atoms with E-state index in [4.69, 9.17) is 0 Å². The second-order valence-corrected chi connectivity index (χ2v) is 5.46. The minimum absolute atomic E-state index is 0.0469. The number of aromatic nitrogens is 2. The largest absolute Gasteiger partial charge is 0.352 e. The van der Waals surface area contributed by atoms with Crippen LogP contribution in [-0.4, -0.2) is 28.0 Å². The molecule has 0 unspecified atom stereocenters. The molecule has 0 radical (unpaired) electrons. The molecule has 0 saturated carbocycles. The number of nitrogens with one attached hydrogen (secondary N) is 2. The summed E-state index contributed by atoms with van der Waals surface area (Å²) in [4.78, 5) is 21.9. The molecule has 2 heterocycles. The van der Waals surface area contributed by atoms with E-state index in [9.17, 15) is 4.79 Å². The summed E-state index contributed by atoms with van der Waals surface area (Å²) in [6.07, 6.45) is 2.54. The van der Waals surface area contributed by atoms with Gasteiger partial charge in [-0.25, -0.2) is 4.98 Å². The zero-order valence-electron chi connectivity index (χ0n) is 12.5. The van der Waals surface area contributed by atoms with E-state index in [0.29, 0.717) is 19.0 Å². The van der Waals surface area contributed by atoms with Gasteiger partial charge in [0.15, 0.2) is 0 Å². The Labute approximate surface area is 129 Å². The zero-order valence-corrected chi connectivity index (χ0v) is 12.5. The molecule has 1 aliphatic heterocycles. The van der Waals surface area contributed by atoms with Gasteiger partial charge in [0.2, 0.25) is 5.95 Å². The lowest BCUT2D eigenvalue weighted by molar-refractivity contribution is 0.242. The van der Waals surface area contributed by atoms with Gasteiger partial charge in [-0.2, -0.15) is 0 Å². The van der Waals surface area contributed by atoms with Crippen molar-refractivity contribution in [1.82, 2.24) is 14.9 Å². The van der Waals surface area contributed by atoms with Crippen LogP contribution in [-0.2, 0) is 19.5 Å². The molecular weight excluding hydrogens is 276 g/mol. The van der Waals surface area contributed by atoms with Crippen LogP contribution >= 0.6 is 0 Å². The molecule has 5 nitrogen and oxygen atoms in total. The maximum Gasteiger partial charge on any atom is 0.257 e. The predicted octanol–water partition coefficient (Wildman–Crippen LogP) is 1.93. The second-order valence-electron chi connectivity index (χ2n) is 5.46. The van der Waals surface area contributed by atoms with Gasteiger partial charge in [0.1, 0.15) is 0 Å². The first-order valence-electron chi connectivity index (χ1n) is 7.49. The fourth-order valence-electron chi connectivity index (χ4n) is 2.71. The summed E-state index contributed by atoms with van der Waals surface area (Å²) in [7, 11) is 0. The first kappa shape index (κ1) is 14.5. The molecule has 0 saturated heterocycles. The lowest BCUT2D eigenvalue weighted by atomic mass is 10.1. The van der Waals surface area contributed by atoms with Crippen molar-refractivity contribution in [3.63, 3.8) is 0 Å². The molecule has 1 aliphatic rings. The highest BCUT2D eigenvalue weighted by Gasteiger charge is 2.21. The van der Waals surface area contributed by atoms with Gasteiger partial charge in [-0.3, -0.25) is 14.7 Å². The molecule has 0 bridgehead atoms. The predicted molar refractivity (Wildman–Crippen MR) is 87.8 cm³/mol. The van der Waals surface area contributed by atoms with Gasteiger partial charge in [-0.15, -0.1) is 6.58 Å². The molecule has 1 aromatic heterocycles. The summed E-state index contributed by atoms with van der Waals surface area (Å²) in [6.45, 7) is 6.65. The van der Waals surface area contributed by atoms with Gasteiger partial charge in [0, 0.05) is 32.6 Å². The highest BCUT2D eigenvalue weighted by atomic mass is 16.1. The van der Waals surface area contributed by atoms with Crippen LogP contribution in [0.3, 0.4) is 0 Å². The van der Waals surface area contributed by atoms with E-state index in [-0.39, 0.29) is 5.56 Å². The van der Waals surface area contributed by atoms with Crippen molar-refractivity contribution >= 4 is 5.95 Å². The van der Waals surface area contributed by atoms with E-state index in [1.54, 1.807) is 6.08 Å².